The predicted octanol–water partition coefficient (Wildman–Crippen LogP) is 4.00. The third kappa shape index (κ3) is 2.84. The summed E-state index contributed by atoms with van der Waals surface area (Å²) < 4.78 is 0. The van der Waals surface area contributed by atoms with Crippen molar-refractivity contribution >= 4 is 0 Å². The van der Waals surface area contributed by atoms with Gasteiger partial charge in [-0.1, -0.05) is 52.4 Å². The van der Waals surface area contributed by atoms with E-state index in [9.17, 15) is 0 Å². The van der Waals surface area contributed by atoms with Gasteiger partial charge in [-0.05, 0) is 18.3 Å². The maximum atomic E-state index is 2.34. The molecule has 0 aromatic rings. The molecular weight excluding hydrogens is 132 g/mol. The highest BCUT2D eigenvalue weighted by Gasteiger charge is 2.22. The van der Waals surface area contributed by atoms with Crippen LogP contribution < -0.4 is 0 Å². The second kappa shape index (κ2) is 4.79. The second-order valence-corrected chi connectivity index (χ2v) is 4.10. The second-order valence-electron chi connectivity index (χ2n) is 4.10. The lowest BCUT2D eigenvalue weighted by Crippen LogP contribution is -1.95. The molecule has 1 fully saturated rings. The van der Waals surface area contributed by atoms with E-state index < -0.39 is 0 Å². The quantitative estimate of drug-likeness (QED) is 0.574. The van der Waals surface area contributed by atoms with Gasteiger partial charge >= 0.3 is 0 Å². The zero-order valence-electron chi connectivity index (χ0n) is 8.10. The molecule has 11 heavy (non-hydrogen) atoms. The first-order valence-corrected chi connectivity index (χ1v) is 5.36. The normalized spacial score (nSPS) is 31.1. The number of rotatable bonds is 4. The molecule has 1 rings (SSSR count). The Labute approximate surface area is 71.4 Å². The minimum Gasteiger partial charge on any atom is -0.0654 e. The highest BCUT2D eigenvalue weighted by molar-refractivity contribution is 4.74. The molecule has 1 unspecified atom stereocenters. The molecule has 1 aliphatic rings. The molecule has 66 valence electrons. The predicted molar refractivity (Wildman–Crippen MR) is 50.6 cm³/mol. The van der Waals surface area contributed by atoms with Crippen molar-refractivity contribution < 1.29 is 0 Å². The topological polar surface area (TPSA) is 0 Å². The zero-order chi connectivity index (χ0) is 8.10. The van der Waals surface area contributed by atoms with Crippen LogP contribution in [0.2, 0.25) is 0 Å². The Morgan fingerprint density at radius 1 is 1.09 bits per heavy atom. The van der Waals surface area contributed by atoms with Crippen LogP contribution >= 0.6 is 0 Å². The van der Waals surface area contributed by atoms with E-state index in [1.54, 1.807) is 0 Å². The van der Waals surface area contributed by atoms with Gasteiger partial charge in [0.1, 0.15) is 0 Å². The summed E-state index contributed by atoms with van der Waals surface area (Å²) in [5.74, 6) is 2.18. The highest BCUT2D eigenvalue weighted by atomic mass is 14.3. The summed E-state index contributed by atoms with van der Waals surface area (Å²) in [4.78, 5) is 0. The van der Waals surface area contributed by atoms with Crippen molar-refractivity contribution in [2.45, 2.75) is 58.8 Å². The van der Waals surface area contributed by atoms with E-state index in [0.717, 1.165) is 11.8 Å². The third-order valence-electron chi connectivity index (χ3n) is 3.19. The molecule has 1 saturated carbocycles. The molecule has 0 aromatic heterocycles. The van der Waals surface area contributed by atoms with Crippen LogP contribution in [0.5, 0.6) is 0 Å². The minimum absolute atomic E-state index is 1.08. The molecule has 0 bridgehead atoms. The Kier molecular flexibility index (Phi) is 3.96. The maximum absolute atomic E-state index is 2.34. The monoisotopic (exact) mass is 154 g/mol. The lowest BCUT2D eigenvalue weighted by molar-refractivity contribution is 0.444. The smallest absolute Gasteiger partial charge is 0.0412 e. The van der Waals surface area contributed by atoms with Gasteiger partial charge in [-0.15, -0.1) is 0 Å². The average Bonchev–Trinajstić information content (AvgIpc) is 2.48. The van der Waals surface area contributed by atoms with Crippen molar-refractivity contribution in [1.82, 2.24) is 0 Å². The zero-order valence-corrected chi connectivity index (χ0v) is 8.10. The molecule has 0 heteroatoms. The molecule has 0 aromatic carbocycles. The molecule has 0 amide bonds. The van der Waals surface area contributed by atoms with Gasteiger partial charge in [0.15, 0.2) is 0 Å². The number of unbranched alkanes of at least 4 members (excludes halogenated alkanes) is 1. The van der Waals surface area contributed by atoms with Crippen LogP contribution in [0, 0.1) is 11.8 Å². The van der Waals surface area contributed by atoms with Gasteiger partial charge in [0.05, 0.1) is 0 Å². The van der Waals surface area contributed by atoms with E-state index in [1.807, 2.05) is 0 Å². The molecule has 0 nitrogen and oxygen atoms in total. The largest absolute Gasteiger partial charge is 0.0654 e. The molecule has 0 radical (unpaired) electrons. The molecule has 1 aliphatic carbocycles. The summed E-state index contributed by atoms with van der Waals surface area (Å²) >= 11 is 0. The molecule has 0 aliphatic heterocycles. The first-order chi connectivity index (χ1) is 5.36. The van der Waals surface area contributed by atoms with Crippen LogP contribution in [0.4, 0.5) is 0 Å². The molecular formula is C11H22. The molecule has 0 heterocycles. The SMILES string of the molecule is CCCCC1CC[C@@H](CC)C1. The summed E-state index contributed by atoms with van der Waals surface area (Å²) in [6.45, 7) is 4.64. The fourth-order valence-electron chi connectivity index (χ4n) is 2.30. The Hall–Kier alpha value is 0. The lowest BCUT2D eigenvalue weighted by atomic mass is 9.98. The number of hydrogen-bond acceptors (Lipinski definition) is 0. The summed E-state index contributed by atoms with van der Waals surface area (Å²) in [5, 5.41) is 0. The van der Waals surface area contributed by atoms with Crippen LogP contribution in [-0.4, -0.2) is 0 Å². The van der Waals surface area contributed by atoms with Gasteiger partial charge in [-0.25, -0.2) is 0 Å². The van der Waals surface area contributed by atoms with Gasteiger partial charge < -0.3 is 0 Å². The van der Waals surface area contributed by atoms with Gasteiger partial charge in [0, 0.05) is 0 Å². The van der Waals surface area contributed by atoms with Crippen molar-refractivity contribution in [2.75, 3.05) is 0 Å². The highest BCUT2D eigenvalue weighted by Crippen LogP contribution is 2.35. The first kappa shape index (κ1) is 9.09. The van der Waals surface area contributed by atoms with Crippen molar-refractivity contribution in [2.24, 2.45) is 11.8 Å². The molecule has 0 saturated heterocycles. The Bertz CT molecular complexity index is 96.2. The van der Waals surface area contributed by atoms with E-state index in [4.69, 9.17) is 0 Å². The fraction of sp³-hybridized carbons (Fsp3) is 1.00. The lowest BCUT2D eigenvalue weighted by Gasteiger charge is -2.08. The number of hydrogen-bond donors (Lipinski definition) is 0. The third-order valence-corrected chi connectivity index (χ3v) is 3.19. The molecule has 0 spiro atoms. The van der Waals surface area contributed by atoms with E-state index in [-0.39, 0.29) is 0 Å². The summed E-state index contributed by atoms with van der Waals surface area (Å²) in [7, 11) is 0. The van der Waals surface area contributed by atoms with Gasteiger partial charge in [-0.2, -0.15) is 0 Å². The van der Waals surface area contributed by atoms with E-state index in [1.165, 1.54) is 44.9 Å². The van der Waals surface area contributed by atoms with Crippen molar-refractivity contribution in [3.8, 4) is 0 Å². The van der Waals surface area contributed by atoms with Crippen LogP contribution in [0.25, 0.3) is 0 Å². The standard InChI is InChI=1S/C11H22/c1-3-5-6-11-8-7-10(4-2)9-11/h10-11H,3-9H2,1-2H3/t10-,11?/m1/s1. The molecule has 2 atom stereocenters. The van der Waals surface area contributed by atoms with E-state index >= 15 is 0 Å². The first-order valence-electron chi connectivity index (χ1n) is 5.36. The Balaban J connectivity index is 2.09. The van der Waals surface area contributed by atoms with E-state index in [0.29, 0.717) is 0 Å². The summed E-state index contributed by atoms with van der Waals surface area (Å²) in [6, 6.07) is 0. The summed E-state index contributed by atoms with van der Waals surface area (Å²) in [5.41, 5.74) is 0. The summed E-state index contributed by atoms with van der Waals surface area (Å²) in [6.07, 6.45) is 10.4. The Morgan fingerprint density at radius 3 is 2.36 bits per heavy atom. The van der Waals surface area contributed by atoms with Crippen LogP contribution in [0.15, 0.2) is 0 Å². The van der Waals surface area contributed by atoms with Gasteiger partial charge in [-0.3, -0.25) is 0 Å². The molecule has 0 N–H and O–H groups in total. The fourth-order valence-corrected chi connectivity index (χ4v) is 2.30. The van der Waals surface area contributed by atoms with Crippen molar-refractivity contribution in [1.29, 1.82) is 0 Å². The minimum atomic E-state index is 1.08. The average molecular weight is 154 g/mol. The van der Waals surface area contributed by atoms with Crippen LogP contribution in [0.3, 0.4) is 0 Å². The Morgan fingerprint density at radius 2 is 1.82 bits per heavy atom. The van der Waals surface area contributed by atoms with Crippen LogP contribution in [-0.2, 0) is 0 Å². The van der Waals surface area contributed by atoms with Crippen LogP contribution in [0.1, 0.15) is 58.8 Å². The van der Waals surface area contributed by atoms with E-state index in [2.05, 4.69) is 13.8 Å². The van der Waals surface area contributed by atoms with Crippen molar-refractivity contribution in [3.63, 3.8) is 0 Å². The maximum Gasteiger partial charge on any atom is -0.0412 e. The van der Waals surface area contributed by atoms with Crippen molar-refractivity contribution in [3.05, 3.63) is 0 Å². The van der Waals surface area contributed by atoms with Gasteiger partial charge in [0.2, 0.25) is 0 Å². The van der Waals surface area contributed by atoms with Gasteiger partial charge in [0.25, 0.3) is 0 Å².